The van der Waals surface area contributed by atoms with Crippen LogP contribution < -0.4 is 5.32 Å². The van der Waals surface area contributed by atoms with Gasteiger partial charge in [0.2, 0.25) is 5.91 Å². The largest absolute Gasteiger partial charge is 0.347 e. The Hall–Kier alpha value is -0.770. The van der Waals surface area contributed by atoms with Gasteiger partial charge < -0.3 is 10.2 Å². The molecule has 0 bridgehead atoms. The molecule has 1 aromatic rings. The normalized spacial score (nSPS) is 12.3. The molecule has 0 saturated carbocycles. The Kier molecular flexibility index (Phi) is 5.25. The SMILES string of the molecule is CC(NCc1cccc(Cl)c1Cl)C(=O)N(C)C. The molecule has 94 valence electrons. The van der Waals surface area contributed by atoms with Crippen molar-refractivity contribution in [2.75, 3.05) is 14.1 Å². The van der Waals surface area contributed by atoms with Gasteiger partial charge in [-0.2, -0.15) is 0 Å². The first kappa shape index (κ1) is 14.3. The van der Waals surface area contributed by atoms with Crippen molar-refractivity contribution in [1.29, 1.82) is 0 Å². The molecule has 1 aromatic carbocycles. The first-order chi connectivity index (χ1) is 7.93. The molecule has 0 radical (unpaired) electrons. The van der Waals surface area contributed by atoms with E-state index in [4.69, 9.17) is 23.2 Å². The minimum Gasteiger partial charge on any atom is -0.347 e. The Balaban J connectivity index is 2.62. The minimum atomic E-state index is -0.250. The van der Waals surface area contributed by atoms with Gasteiger partial charge in [-0.15, -0.1) is 0 Å². The van der Waals surface area contributed by atoms with Crippen molar-refractivity contribution in [1.82, 2.24) is 10.2 Å². The van der Waals surface area contributed by atoms with Gasteiger partial charge in [0, 0.05) is 20.6 Å². The molecule has 17 heavy (non-hydrogen) atoms. The van der Waals surface area contributed by atoms with Crippen LogP contribution in [0.1, 0.15) is 12.5 Å². The summed E-state index contributed by atoms with van der Waals surface area (Å²) in [4.78, 5) is 13.2. The molecule has 5 heteroatoms. The number of nitrogens with zero attached hydrogens (tertiary/aromatic N) is 1. The summed E-state index contributed by atoms with van der Waals surface area (Å²) >= 11 is 12.0. The minimum absolute atomic E-state index is 0.0307. The zero-order valence-electron chi connectivity index (χ0n) is 10.1. The van der Waals surface area contributed by atoms with E-state index in [0.717, 1.165) is 5.56 Å². The number of amides is 1. The van der Waals surface area contributed by atoms with Crippen LogP contribution in [0.3, 0.4) is 0 Å². The number of hydrogen-bond donors (Lipinski definition) is 1. The predicted octanol–water partition coefficient (Wildman–Crippen LogP) is 2.56. The van der Waals surface area contributed by atoms with Crippen LogP contribution in [0.25, 0.3) is 0 Å². The van der Waals surface area contributed by atoms with Crippen molar-refractivity contribution < 1.29 is 4.79 Å². The van der Waals surface area contributed by atoms with E-state index in [0.29, 0.717) is 16.6 Å². The maximum atomic E-state index is 11.6. The van der Waals surface area contributed by atoms with Crippen molar-refractivity contribution in [2.24, 2.45) is 0 Å². The Bertz CT molecular complexity index is 407. The van der Waals surface area contributed by atoms with Crippen LogP contribution >= 0.6 is 23.2 Å². The summed E-state index contributed by atoms with van der Waals surface area (Å²) in [7, 11) is 3.46. The van der Waals surface area contributed by atoms with Crippen molar-refractivity contribution in [2.45, 2.75) is 19.5 Å². The van der Waals surface area contributed by atoms with E-state index in [1.807, 2.05) is 19.1 Å². The van der Waals surface area contributed by atoms with Crippen molar-refractivity contribution >= 4 is 29.1 Å². The summed E-state index contributed by atoms with van der Waals surface area (Å²) in [6.45, 7) is 2.33. The molecule has 0 saturated heterocycles. The maximum absolute atomic E-state index is 11.6. The number of hydrogen-bond acceptors (Lipinski definition) is 2. The molecule has 0 heterocycles. The van der Waals surface area contributed by atoms with Crippen LogP contribution in [-0.2, 0) is 11.3 Å². The third-order valence-electron chi connectivity index (χ3n) is 2.44. The topological polar surface area (TPSA) is 32.3 Å². The summed E-state index contributed by atoms with van der Waals surface area (Å²) in [5.74, 6) is 0.0307. The number of likely N-dealkylation sites (N-methyl/N-ethyl adjacent to an activating group) is 1. The summed E-state index contributed by atoms with van der Waals surface area (Å²) < 4.78 is 0. The molecule has 0 fully saturated rings. The van der Waals surface area contributed by atoms with Crippen LogP contribution in [0.4, 0.5) is 0 Å². The third kappa shape index (κ3) is 3.87. The Morgan fingerprint density at radius 1 is 1.41 bits per heavy atom. The summed E-state index contributed by atoms with van der Waals surface area (Å²) in [5, 5.41) is 4.17. The fourth-order valence-corrected chi connectivity index (χ4v) is 1.81. The second kappa shape index (κ2) is 6.24. The lowest BCUT2D eigenvalue weighted by atomic mass is 10.2. The number of nitrogens with one attached hydrogen (secondary N) is 1. The average Bonchev–Trinajstić information content (AvgIpc) is 2.29. The molecule has 1 N–H and O–H groups in total. The zero-order chi connectivity index (χ0) is 13.0. The summed E-state index contributed by atoms with van der Waals surface area (Å²) in [6, 6.07) is 5.21. The zero-order valence-corrected chi connectivity index (χ0v) is 11.6. The number of carbonyl (C=O) groups is 1. The fraction of sp³-hybridized carbons (Fsp3) is 0.417. The molecule has 0 spiro atoms. The van der Waals surface area contributed by atoms with E-state index >= 15 is 0 Å². The van der Waals surface area contributed by atoms with Crippen LogP contribution in [0.5, 0.6) is 0 Å². The highest BCUT2D eigenvalue weighted by atomic mass is 35.5. The number of benzene rings is 1. The fourth-order valence-electron chi connectivity index (χ4n) is 1.42. The van der Waals surface area contributed by atoms with E-state index in [1.165, 1.54) is 0 Å². The first-order valence-corrected chi connectivity index (χ1v) is 6.06. The lowest BCUT2D eigenvalue weighted by molar-refractivity contribution is -0.130. The first-order valence-electron chi connectivity index (χ1n) is 5.31. The molecule has 0 aliphatic carbocycles. The van der Waals surface area contributed by atoms with Crippen molar-refractivity contribution in [3.8, 4) is 0 Å². The van der Waals surface area contributed by atoms with Gasteiger partial charge in [0.05, 0.1) is 16.1 Å². The number of halogens is 2. The predicted molar refractivity (Wildman–Crippen MR) is 71.5 cm³/mol. The molecule has 0 aromatic heterocycles. The molecule has 3 nitrogen and oxygen atoms in total. The molecule has 0 aliphatic heterocycles. The summed E-state index contributed by atoms with van der Waals surface area (Å²) in [5.41, 5.74) is 0.887. The average molecular weight is 275 g/mol. The Labute approximate surface area is 112 Å². The van der Waals surface area contributed by atoms with Gasteiger partial charge in [-0.05, 0) is 18.6 Å². The summed E-state index contributed by atoms with van der Waals surface area (Å²) in [6.07, 6.45) is 0. The van der Waals surface area contributed by atoms with Crippen LogP contribution in [0.2, 0.25) is 10.0 Å². The molecule has 1 amide bonds. The van der Waals surface area contributed by atoms with Gasteiger partial charge >= 0.3 is 0 Å². The van der Waals surface area contributed by atoms with Gasteiger partial charge in [0.25, 0.3) is 0 Å². The lowest BCUT2D eigenvalue weighted by Gasteiger charge is -2.18. The quantitative estimate of drug-likeness (QED) is 0.916. The van der Waals surface area contributed by atoms with Gasteiger partial charge in [0.1, 0.15) is 0 Å². The highest BCUT2D eigenvalue weighted by Gasteiger charge is 2.14. The number of carbonyl (C=O) groups excluding carboxylic acids is 1. The third-order valence-corrected chi connectivity index (χ3v) is 3.30. The molecule has 1 unspecified atom stereocenters. The molecule has 1 rings (SSSR count). The molecule has 1 atom stereocenters. The Morgan fingerprint density at radius 3 is 2.65 bits per heavy atom. The van der Waals surface area contributed by atoms with Gasteiger partial charge in [-0.3, -0.25) is 4.79 Å². The van der Waals surface area contributed by atoms with E-state index in [2.05, 4.69) is 5.32 Å². The van der Waals surface area contributed by atoms with E-state index in [1.54, 1.807) is 25.1 Å². The Morgan fingerprint density at radius 2 is 2.06 bits per heavy atom. The van der Waals surface area contributed by atoms with Crippen LogP contribution in [0, 0.1) is 0 Å². The van der Waals surface area contributed by atoms with E-state index < -0.39 is 0 Å². The molecule has 0 aliphatic rings. The van der Waals surface area contributed by atoms with Crippen LogP contribution in [0.15, 0.2) is 18.2 Å². The second-order valence-electron chi connectivity index (χ2n) is 4.05. The smallest absolute Gasteiger partial charge is 0.238 e. The van der Waals surface area contributed by atoms with Gasteiger partial charge in [-0.25, -0.2) is 0 Å². The maximum Gasteiger partial charge on any atom is 0.238 e. The number of rotatable bonds is 4. The van der Waals surface area contributed by atoms with Crippen molar-refractivity contribution in [3.05, 3.63) is 33.8 Å². The van der Waals surface area contributed by atoms with Gasteiger partial charge in [0.15, 0.2) is 0 Å². The van der Waals surface area contributed by atoms with Crippen molar-refractivity contribution in [3.63, 3.8) is 0 Å². The van der Waals surface area contributed by atoms with E-state index in [-0.39, 0.29) is 11.9 Å². The van der Waals surface area contributed by atoms with Crippen LogP contribution in [-0.4, -0.2) is 30.9 Å². The standard InChI is InChI=1S/C12H16Cl2N2O/c1-8(12(17)16(2)3)15-7-9-5-4-6-10(13)11(9)14/h4-6,8,15H,7H2,1-3H3. The molecular weight excluding hydrogens is 259 g/mol. The molecular formula is C12H16Cl2N2O. The highest BCUT2D eigenvalue weighted by Crippen LogP contribution is 2.25. The lowest BCUT2D eigenvalue weighted by Crippen LogP contribution is -2.41. The monoisotopic (exact) mass is 274 g/mol. The second-order valence-corrected chi connectivity index (χ2v) is 4.83. The van der Waals surface area contributed by atoms with Gasteiger partial charge in [-0.1, -0.05) is 35.3 Å². The highest BCUT2D eigenvalue weighted by molar-refractivity contribution is 6.42. The van der Waals surface area contributed by atoms with E-state index in [9.17, 15) is 4.79 Å².